The van der Waals surface area contributed by atoms with Crippen LogP contribution < -0.4 is 0 Å². The van der Waals surface area contributed by atoms with Gasteiger partial charge in [0.05, 0.1) is 29.4 Å². The Morgan fingerprint density at radius 3 is 2.72 bits per heavy atom. The van der Waals surface area contributed by atoms with Crippen LogP contribution in [0.3, 0.4) is 0 Å². The SMILES string of the molecule is CCOC(=O)Cc1nc(CBr)c(C(F)F)cc1Cl. The van der Waals surface area contributed by atoms with Gasteiger partial charge < -0.3 is 4.74 Å². The van der Waals surface area contributed by atoms with Crippen molar-refractivity contribution < 1.29 is 18.3 Å². The molecule has 0 saturated heterocycles. The third-order valence-electron chi connectivity index (χ3n) is 2.14. The van der Waals surface area contributed by atoms with Crippen molar-refractivity contribution in [2.45, 2.75) is 25.1 Å². The van der Waals surface area contributed by atoms with Gasteiger partial charge in [-0.1, -0.05) is 27.5 Å². The standard InChI is InChI=1S/C11H11BrClF2NO2/c1-2-18-10(17)4-8-7(13)3-6(11(14)15)9(5-12)16-8/h3,11H,2,4-5H2,1H3. The highest BCUT2D eigenvalue weighted by Crippen LogP contribution is 2.28. The van der Waals surface area contributed by atoms with Crippen LogP contribution in [0.1, 0.15) is 30.3 Å². The largest absolute Gasteiger partial charge is 0.466 e. The van der Waals surface area contributed by atoms with Gasteiger partial charge in [-0.25, -0.2) is 8.78 Å². The van der Waals surface area contributed by atoms with Crippen LogP contribution >= 0.6 is 27.5 Å². The highest BCUT2D eigenvalue weighted by Gasteiger charge is 2.18. The molecule has 0 fully saturated rings. The summed E-state index contributed by atoms with van der Waals surface area (Å²) >= 11 is 8.90. The lowest BCUT2D eigenvalue weighted by Crippen LogP contribution is -2.11. The number of esters is 1. The van der Waals surface area contributed by atoms with Gasteiger partial charge in [0.25, 0.3) is 6.43 Å². The first-order chi connectivity index (χ1) is 8.49. The quantitative estimate of drug-likeness (QED) is 0.605. The Bertz CT molecular complexity index is 443. The van der Waals surface area contributed by atoms with E-state index in [0.717, 1.165) is 6.07 Å². The zero-order valence-corrected chi connectivity index (χ0v) is 11.9. The minimum absolute atomic E-state index is 0.0445. The number of halogens is 4. The van der Waals surface area contributed by atoms with E-state index in [2.05, 4.69) is 20.9 Å². The Hall–Kier alpha value is -0.750. The number of ether oxygens (including phenoxy) is 1. The molecule has 1 rings (SSSR count). The Balaban J connectivity index is 3.04. The van der Waals surface area contributed by atoms with Crippen molar-refractivity contribution in [1.82, 2.24) is 4.98 Å². The van der Waals surface area contributed by atoms with E-state index in [-0.39, 0.29) is 40.3 Å². The molecular weight excluding hydrogens is 331 g/mol. The molecule has 0 radical (unpaired) electrons. The third kappa shape index (κ3) is 3.88. The molecule has 0 spiro atoms. The molecule has 0 aromatic carbocycles. The summed E-state index contributed by atoms with van der Waals surface area (Å²) in [4.78, 5) is 15.3. The molecular formula is C11H11BrClF2NO2. The van der Waals surface area contributed by atoms with Crippen molar-refractivity contribution in [3.05, 3.63) is 28.0 Å². The smallest absolute Gasteiger partial charge is 0.311 e. The second kappa shape index (κ2) is 6.99. The normalized spacial score (nSPS) is 10.8. The van der Waals surface area contributed by atoms with Crippen molar-refractivity contribution in [1.29, 1.82) is 0 Å². The molecule has 0 unspecified atom stereocenters. The van der Waals surface area contributed by atoms with Gasteiger partial charge in [-0.15, -0.1) is 0 Å². The topological polar surface area (TPSA) is 39.2 Å². The molecule has 18 heavy (non-hydrogen) atoms. The fraction of sp³-hybridized carbons (Fsp3) is 0.455. The summed E-state index contributed by atoms with van der Waals surface area (Å²) in [5, 5.41) is 0.211. The van der Waals surface area contributed by atoms with E-state index < -0.39 is 12.4 Å². The number of hydrogen-bond donors (Lipinski definition) is 0. The van der Waals surface area contributed by atoms with E-state index >= 15 is 0 Å². The van der Waals surface area contributed by atoms with E-state index in [9.17, 15) is 13.6 Å². The predicted molar refractivity (Wildman–Crippen MR) is 67.2 cm³/mol. The van der Waals surface area contributed by atoms with Crippen LogP contribution in [-0.2, 0) is 21.3 Å². The fourth-order valence-corrected chi connectivity index (χ4v) is 2.03. The van der Waals surface area contributed by atoms with E-state index in [1.165, 1.54) is 0 Å². The molecule has 0 aliphatic rings. The Labute approximate surface area is 117 Å². The summed E-state index contributed by atoms with van der Waals surface area (Å²) in [6, 6.07) is 1.14. The maximum absolute atomic E-state index is 12.7. The molecule has 1 aromatic rings. The summed E-state index contributed by atoms with van der Waals surface area (Å²) in [5.41, 5.74) is 0.187. The number of carbonyl (C=O) groups is 1. The molecule has 0 aliphatic heterocycles. The Morgan fingerprint density at radius 2 is 2.22 bits per heavy atom. The van der Waals surface area contributed by atoms with E-state index in [0.29, 0.717) is 0 Å². The fourth-order valence-electron chi connectivity index (χ4n) is 1.35. The molecule has 3 nitrogen and oxygen atoms in total. The monoisotopic (exact) mass is 341 g/mol. The highest BCUT2D eigenvalue weighted by atomic mass is 79.9. The van der Waals surface area contributed by atoms with Crippen molar-refractivity contribution in [3.63, 3.8) is 0 Å². The van der Waals surface area contributed by atoms with Crippen LogP contribution in [0.25, 0.3) is 0 Å². The van der Waals surface area contributed by atoms with Crippen LogP contribution in [0, 0.1) is 0 Å². The van der Waals surface area contributed by atoms with Crippen LogP contribution in [0.2, 0.25) is 5.02 Å². The van der Waals surface area contributed by atoms with Crippen molar-refractivity contribution in [2.24, 2.45) is 0 Å². The number of pyridine rings is 1. The molecule has 0 bridgehead atoms. The lowest BCUT2D eigenvalue weighted by molar-refractivity contribution is -0.142. The number of rotatable bonds is 5. The number of aromatic nitrogens is 1. The number of alkyl halides is 3. The highest BCUT2D eigenvalue weighted by molar-refractivity contribution is 9.08. The third-order valence-corrected chi connectivity index (χ3v) is 3.00. The van der Waals surface area contributed by atoms with Gasteiger partial charge >= 0.3 is 5.97 Å². The average molecular weight is 343 g/mol. The Morgan fingerprint density at radius 1 is 1.56 bits per heavy atom. The first-order valence-corrected chi connectivity index (χ1v) is 6.67. The van der Waals surface area contributed by atoms with Crippen molar-refractivity contribution in [3.8, 4) is 0 Å². The van der Waals surface area contributed by atoms with E-state index in [1.807, 2.05) is 0 Å². The summed E-state index contributed by atoms with van der Waals surface area (Å²) in [6.07, 6.45) is -2.78. The lowest BCUT2D eigenvalue weighted by Gasteiger charge is -2.10. The summed E-state index contributed by atoms with van der Waals surface area (Å²) < 4.78 is 30.2. The van der Waals surface area contributed by atoms with Crippen LogP contribution in [0.4, 0.5) is 8.78 Å². The minimum Gasteiger partial charge on any atom is -0.466 e. The first kappa shape index (κ1) is 15.3. The molecule has 0 atom stereocenters. The van der Waals surface area contributed by atoms with Crippen molar-refractivity contribution in [2.75, 3.05) is 6.61 Å². The van der Waals surface area contributed by atoms with Crippen molar-refractivity contribution >= 4 is 33.5 Å². The van der Waals surface area contributed by atoms with Gasteiger partial charge in [-0.3, -0.25) is 9.78 Å². The molecule has 0 amide bonds. The molecule has 0 N–H and O–H groups in total. The number of hydrogen-bond acceptors (Lipinski definition) is 3. The molecule has 7 heteroatoms. The van der Waals surface area contributed by atoms with Gasteiger partial charge in [-0.2, -0.15) is 0 Å². The predicted octanol–water partition coefficient (Wildman–Crippen LogP) is 3.67. The van der Waals surface area contributed by atoms with Gasteiger partial charge in [0.15, 0.2) is 0 Å². The second-order valence-corrected chi connectivity index (χ2v) is 4.34. The lowest BCUT2D eigenvalue weighted by atomic mass is 10.1. The van der Waals surface area contributed by atoms with Crippen LogP contribution in [0.5, 0.6) is 0 Å². The van der Waals surface area contributed by atoms with Crippen LogP contribution in [-0.4, -0.2) is 17.6 Å². The second-order valence-electron chi connectivity index (χ2n) is 3.37. The van der Waals surface area contributed by atoms with Gasteiger partial charge in [0, 0.05) is 10.9 Å². The van der Waals surface area contributed by atoms with E-state index in [1.54, 1.807) is 6.92 Å². The van der Waals surface area contributed by atoms with Gasteiger partial charge in [0.2, 0.25) is 0 Å². The molecule has 100 valence electrons. The zero-order valence-electron chi connectivity index (χ0n) is 9.55. The van der Waals surface area contributed by atoms with Crippen LogP contribution in [0.15, 0.2) is 6.07 Å². The Kier molecular flexibility index (Phi) is 5.95. The summed E-state index contributed by atoms with van der Waals surface area (Å²) in [5.74, 6) is -0.489. The first-order valence-electron chi connectivity index (χ1n) is 5.17. The molecule has 1 aromatic heterocycles. The molecule has 0 saturated carbocycles. The maximum atomic E-state index is 12.7. The number of nitrogens with zero attached hydrogens (tertiary/aromatic N) is 1. The number of carbonyl (C=O) groups excluding carboxylic acids is 1. The minimum atomic E-state index is -2.65. The summed E-state index contributed by atoms with van der Waals surface area (Å²) in [7, 11) is 0. The molecule has 1 heterocycles. The molecule has 0 aliphatic carbocycles. The zero-order chi connectivity index (χ0) is 13.7. The van der Waals surface area contributed by atoms with Gasteiger partial charge in [-0.05, 0) is 13.0 Å². The van der Waals surface area contributed by atoms with E-state index in [4.69, 9.17) is 16.3 Å². The average Bonchev–Trinajstić information content (AvgIpc) is 2.31. The maximum Gasteiger partial charge on any atom is 0.311 e. The summed E-state index contributed by atoms with van der Waals surface area (Å²) in [6.45, 7) is 1.92. The van der Waals surface area contributed by atoms with Gasteiger partial charge in [0.1, 0.15) is 0 Å².